The zero-order valence-electron chi connectivity index (χ0n) is 15.8. The van der Waals surface area contributed by atoms with Gasteiger partial charge in [-0.3, -0.25) is 14.6 Å². The fraction of sp³-hybridized carbons (Fsp3) is 0.286. The highest BCUT2D eigenvalue weighted by Crippen LogP contribution is 2.28. The summed E-state index contributed by atoms with van der Waals surface area (Å²) < 4.78 is 18.3. The summed E-state index contributed by atoms with van der Waals surface area (Å²) in [5.74, 6) is -0.346. The molecule has 0 N–H and O–H groups in total. The molecule has 0 spiro atoms. The molecule has 0 saturated heterocycles. The van der Waals surface area contributed by atoms with Crippen LogP contribution in [0.4, 0.5) is 4.39 Å². The first-order chi connectivity index (χ1) is 13.2. The lowest BCUT2D eigenvalue weighted by molar-refractivity contribution is -0.132. The van der Waals surface area contributed by atoms with Gasteiger partial charge in [-0.25, -0.2) is 4.39 Å². The van der Waals surface area contributed by atoms with Gasteiger partial charge in [0.2, 0.25) is 0 Å². The number of carbonyl (C=O) groups is 2. The van der Waals surface area contributed by atoms with E-state index in [4.69, 9.17) is 16.3 Å². The van der Waals surface area contributed by atoms with E-state index in [9.17, 15) is 14.0 Å². The van der Waals surface area contributed by atoms with Gasteiger partial charge in [0, 0.05) is 12.0 Å². The third-order valence-corrected chi connectivity index (χ3v) is 4.86. The monoisotopic (exact) mass is 402 g/mol. The minimum atomic E-state index is -0.867. The number of carbonyl (C=O) groups excluding carboxylic acids is 2. The molecule has 3 rings (SSSR count). The molecule has 28 heavy (non-hydrogen) atoms. The van der Waals surface area contributed by atoms with Crippen LogP contribution >= 0.6 is 11.6 Å². The van der Waals surface area contributed by atoms with Crippen molar-refractivity contribution in [1.82, 2.24) is 4.90 Å². The van der Waals surface area contributed by atoms with E-state index in [1.165, 1.54) is 36.3 Å². The van der Waals surface area contributed by atoms with Gasteiger partial charge in [-0.15, -0.1) is 0 Å². The van der Waals surface area contributed by atoms with E-state index in [2.05, 4.69) is 4.99 Å². The zero-order valence-corrected chi connectivity index (χ0v) is 16.6. The third kappa shape index (κ3) is 4.07. The van der Waals surface area contributed by atoms with Gasteiger partial charge in [0.25, 0.3) is 5.91 Å². The molecular weight excluding hydrogens is 383 g/mol. The van der Waals surface area contributed by atoms with Gasteiger partial charge in [-0.1, -0.05) is 17.7 Å². The molecular formula is C21H20ClFN2O3. The summed E-state index contributed by atoms with van der Waals surface area (Å²) in [6.45, 7) is 3.45. The molecule has 0 radical (unpaired) electrons. The van der Waals surface area contributed by atoms with Gasteiger partial charge < -0.3 is 9.64 Å². The molecule has 0 unspecified atom stereocenters. The van der Waals surface area contributed by atoms with E-state index < -0.39 is 5.66 Å². The maximum absolute atomic E-state index is 13.2. The first kappa shape index (κ1) is 20.0. The van der Waals surface area contributed by atoms with Gasteiger partial charge in [-0.05, 0) is 55.8 Å². The summed E-state index contributed by atoms with van der Waals surface area (Å²) in [4.78, 5) is 31.3. The van der Waals surface area contributed by atoms with E-state index >= 15 is 0 Å². The quantitative estimate of drug-likeness (QED) is 0.740. The zero-order chi connectivity index (χ0) is 20.5. The molecule has 0 bridgehead atoms. The number of benzene rings is 2. The number of Topliss-reactive ketones (excluding diaryl/α,β-unsaturated/α-hetero) is 1. The van der Waals surface area contributed by atoms with Crippen LogP contribution in [0.3, 0.4) is 0 Å². The Kier molecular flexibility index (Phi) is 5.52. The Hall–Kier alpha value is -2.73. The smallest absolute Gasteiger partial charge is 0.275 e. The Balaban J connectivity index is 1.73. The molecule has 1 aliphatic rings. The normalized spacial score (nSPS) is 15.5. The first-order valence-electron chi connectivity index (χ1n) is 8.73. The van der Waals surface area contributed by atoms with E-state index in [1.54, 1.807) is 32.0 Å². The van der Waals surface area contributed by atoms with Crippen LogP contribution in [-0.2, 0) is 16.0 Å². The average Bonchev–Trinajstić information content (AvgIpc) is 2.86. The van der Waals surface area contributed by atoms with Gasteiger partial charge in [0.05, 0.1) is 18.7 Å². The summed E-state index contributed by atoms with van der Waals surface area (Å²) in [7, 11) is 1.52. The fourth-order valence-corrected chi connectivity index (χ4v) is 3.38. The second kappa shape index (κ2) is 7.72. The van der Waals surface area contributed by atoms with Crippen molar-refractivity contribution >= 4 is 29.0 Å². The molecule has 1 heterocycles. The summed E-state index contributed by atoms with van der Waals surface area (Å²) in [5.41, 5.74) is 0.621. The van der Waals surface area contributed by atoms with Crippen LogP contribution < -0.4 is 4.74 Å². The number of methoxy groups -OCH3 is 1. The molecule has 7 heteroatoms. The summed E-state index contributed by atoms with van der Waals surface area (Å²) in [6.07, 6.45) is 0.134. The van der Waals surface area contributed by atoms with Crippen molar-refractivity contribution in [2.24, 2.45) is 4.99 Å². The van der Waals surface area contributed by atoms with Crippen molar-refractivity contribution in [3.63, 3.8) is 0 Å². The molecule has 5 nitrogen and oxygen atoms in total. The molecule has 1 aliphatic heterocycles. The van der Waals surface area contributed by atoms with E-state index in [1.807, 2.05) is 0 Å². The molecule has 2 aromatic carbocycles. The van der Waals surface area contributed by atoms with Gasteiger partial charge in [0.1, 0.15) is 22.9 Å². The number of hydrogen-bond acceptors (Lipinski definition) is 4. The van der Waals surface area contributed by atoms with Crippen LogP contribution in [0.2, 0.25) is 5.02 Å². The van der Waals surface area contributed by atoms with Gasteiger partial charge >= 0.3 is 0 Å². The van der Waals surface area contributed by atoms with E-state index in [0.29, 0.717) is 16.3 Å². The number of nitrogens with zero attached hydrogens (tertiary/aromatic N) is 2. The van der Waals surface area contributed by atoms with Crippen molar-refractivity contribution in [3.05, 3.63) is 64.4 Å². The molecule has 2 aromatic rings. The molecule has 1 amide bonds. The van der Waals surface area contributed by atoms with Crippen LogP contribution in [0.1, 0.15) is 25.0 Å². The SMILES string of the molecule is COc1ccc(CC(=O)CN2C(=O)C(c3ccc(F)cc3)=NC2(C)C)cc1Cl. The molecule has 0 atom stereocenters. The second-order valence-electron chi connectivity index (χ2n) is 7.04. The lowest BCUT2D eigenvalue weighted by Gasteiger charge is -2.28. The van der Waals surface area contributed by atoms with Crippen LogP contribution in [0.5, 0.6) is 5.75 Å². The maximum atomic E-state index is 13.2. The first-order valence-corrected chi connectivity index (χ1v) is 9.11. The standard InChI is InChI=1S/C21H20ClFN2O3/c1-21(2)24-19(14-5-7-15(23)8-6-14)20(27)25(21)12-16(26)10-13-4-9-18(28-3)17(22)11-13/h4-9,11H,10,12H2,1-3H3. The maximum Gasteiger partial charge on any atom is 0.275 e. The van der Waals surface area contributed by atoms with Crippen molar-refractivity contribution in [3.8, 4) is 5.75 Å². The Morgan fingerprint density at radius 1 is 1.21 bits per heavy atom. The van der Waals surface area contributed by atoms with Crippen LogP contribution in [0.15, 0.2) is 47.5 Å². The summed E-state index contributed by atoms with van der Waals surface area (Å²) >= 11 is 6.10. The molecule has 0 fully saturated rings. The Bertz CT molecular complexity index is 955. The average molecular weight is 403 g/mol. The number of ketones is 1. The second-order valence-corrected chi connectivity index (χ2v) is 7.44. The van der Waals surface area contributed by atoms with Crippen LogP contribution in [-0.4, -0.2) is 41.6 Å². The number of halogens is 2. The lowest BCUT2D eigenvalue weighted by atomic mass is 10.1. The minimum absolute atomic E-state index is 0.0797. The van der Waals surface area contributed by atoms with Crippen molar-refractivity contribution in [1.29, 1.82) is 0 Å². The number of hydrogen-bond donors (Lipinski definition) is 0. The predicted molar refractivity (Wildman–Crippen MR) is 105 cm³/mol. The molecule has 0 saturated carbocycles. The highest BCUT2D eigenvalue weighted by molar-refractivity contribution is 6.47. The largest absolute Gasteiger partial charge is 0.495 e. The van der Waals surface area contributed by atoms with E-state index in [0.717, 1.165) is 5.56 Å². The molecule has 0 aromatic heterocycles. The third-order valence-electron chi connectivity index (χ3n) is 4.56. The molecule has 146 valence electrons. The number of rotatable bonds is 6. The highest BCUT2D eigenvalue weighted by atomic mass is 35.5. The van der Waals surface area contributed by atoms with E-state index in [-0.39, 0.29) is 36.2 Å². The highest BCUT2D eigenvalue weighted by Gasteiger charge is 2.41. The fourth-order valence-electron chi connectivity index (χ4n) is 3.10. The summed E-state index contributed by atoms with van der Waals surface area (Å²) in [6, 6.07) is 10.7. The Morgan fingerprint density at radius 2 is 1.89 bits per heavy atom. The topological polar surface area (TPSA) is 59.0 Å². The Labute approximate surface area is 167 Å². The van der Waals surface area contributed by atoms with Crippen LogP contribution in [0, 0.1) is 5.82 Å². The predicted octanol–water partition coefficient (Wildman–Crippen LogP) is 3.67. The minimum Gasteiger partial charge on any atom is -0.495 e. The number of ether oxygens (including phenoxy) is 1. The Morgan fingerprint density at radius 3 is 2.50 bits per heavy atom. The summed E-state index contributed by atoms with van der Waals surface area (Å²) in [5, 5.41) is 0.423. The molecule has 0 aliphatic carbocycles. The van der Waals surface area contributed by atoms with Crippen molar-refractivity contribution in [2.45, 2.75) is 25.9 Å². The lowest BCUT2D eigenvalue weighted by Crippen LogP contribution is -2.45. The van der Waals surface area contributed by atoms with Crippen molar-refractivity contribution < 1.29 is 18.7 Å². The van der Waals surface area contributed by atoms with Crippen LogP contribution in [0.25, 0.3) is 0 Å². The van der Waals surface area contributed by atoms with Gasteiger partial charge in [-0.2, -0.15) is 0 Å². The number of aliphatic imine (C=N–C) groups is 1. The number of amides is 1. The van der Waals surface area contributed by atoms with Crippen molar-refractivity contribution in [2.75, 3.05) is 13.7 Å². The van der Waals surface area contributed by atoms with Gasteiger partial charge in [0.15, 0.2) is 5.78 Å².